The van der Waals surface area contributed by atoms with E-state index in [0.29, 0.717) is 0 Å². The van der Waals surface area contributed by atoms with Gasteiger partial charge in [0.2, 0.25) is 0 Å². The molecule has 0 bridgehead atoms. The summed E-state index contributed by atoms with van der Waals surface area (Å²) in [5, 5.41) is 0. The quantitative estimate of drug-likeness (QED) is 0.422. The van der Waals surface area contributed by atoms with Crippen molar-refractivity contribution < 1.29 is 8.78 Å². The van der Waals surface area contributed by atoms with E-state index >= 15 is 0 Å². The third-order valence-electron chi connectivity index (χ3n) is 4.30. The van der Waals surface area contributed by atoms with E-state index in [0.717, 1.165) is 33.5 Å². The first kappa shape index (κ1) is 16.2. The van der Waals surface area contributed by atoms with E-state index in [1.807, 2.05) is 36.4 Å². The highest BCUT2D eigenvalue weighted by molar-refractivity contribution is 5.93. The van der Waals surface area contributed by atoms with Crippen LogP contribution in [-0.2, 0) is 0 Å². The highest BCUT2D eigenvalue weighted by Gasteiger charge is 2.15. The predicted octanol–water partition coefficient (Wildman–Crippen LogP) is 6.36. The third kappa shape index (κ3) is 3.11. The lowest BCUT2D eigenvalue weighted by molar-refractivity contribution is 0.627. The van der Waals surface area contributed by atoms with Gasteiger partial charge in [-0.2, -0.15) is 0 Å². The molecule has 4 aromatic rings. The maximum Gasteiger partial charge on any atom is 0.123 e. The second-order valence-electron chi connectivity index (χ2n) is 5.96. The zero-order chi connectivity index (χ0) is 17.9. The first-order valence-electron chi connectivity index (χ1n) is 8.29. The Kier molecular flexibility index (Phi) is 4.28. The van der Waals surface area contributed by atoms with Crippen LogP contribution in [0.2, 0.25) is 0 Å². The van der Waals surface area contributed by atoms with Crippen LogP contribution in [0, 0.1) is 11.6 Å². The van der Waals surface area contributed by atoms with Crippen LogP contribution in [0.1, 0.15) is 0 Å². The van der Waals surface area contributed by atoms with Crippen molar-refractivity contribution in [2.24, 2.45) is 0 Å². The van der Waals surface area contributed by atoms with Gasteiger partial charge in [-0.3, -0.25) is 4.98 Å². The summed E-state index contributed by atoms with van der Waals surface area (Å²) in [5.41, 5.74) is 5.45. The molecule has 3 aromatic carbocycles. The molecule has 0 fully saturated rings. The van der Waals surface area contributed by atoms with Crippen molar-refractivity contribution in [3.05, 3.63) is 103 Å². The molecular formula is C23H15F2N. The van der Waals surface area contributed by atoms with Crippen LogP contribution in [0.3, 0.4) is 0 Å². The Morgan fingerprint density at radius 3 is 1.54 bits per heavy atom. The maximum absolute atomic E-state index is 13.4. The van der Waals surface area contributed by atoms with E-state index in [9.17, 15) is 8.78 Å². The molecule has 0 aliphatic carbocycles. The number of hydrogen-bond donors (Lipinski definition) is 0. The Labute approximate surface area is 150 Å². The summed E-state index contributed by atoms with van der Waals surface area (Å²) < 4.78 is 26.7. The minimum Gasteiger partial charge on any atom is -0.256 e. The van der Waals surface area contributed by atoms with Crippen molar-refractivity contribution in [2.45, 2.75) is 0 Å². The number of nitrogens with zero attached hydrogens (tertiary/aromatic N) is 1. The molecule has 1 aromatic heterocycles. The summed E-state index contributed by atoms with van der Waals surface area (Å²) >= 11 is 0. The fraction of sp³-hybridized carbons (Fsp3) is 0. The molecule has 126 valence electrons. The highest BCUT2D eigenvalue weighted by atomic mass is 19.1. The normalized spacial score (nSPS) is 10.7. The van der Waals surface area contributed by atoms with Gasteiger partial charge in [-0.05, 0) is 58.7 Å². The Morgan fingerprint density at radius 1 is 0.538 bits per heavy atom. The average Bonchev–Trinajstić information content (AvgIpc) is 2.69. The summed E-state index contributed by atoms with van der Waals surface area (Å²) in [5.74, 6) is -0.550. The number of aromatic nitrogens is 1. The van der Waals surface area contributed by atoms with E-state index < -0.39 is 0 Å². The molecule has 0 saturated heterocycles. The van der Waals surface area contributed by atoms with Crippen molar-refractivity contribution in [3.63, 3.8) is 0 Å². The number of pyridine rings is 1. The van der Waals surface area contributed by atoms with Gasteiger partial charge >= 0.3 is 0 Å². The van der Waals surface area contributed by atoms with Crippen LogP contribution in [0.25, 0.3) is 33.5 Å². The highest BCUT2D eigenvalue weighted by Crippen LogP contribution is 2.39. The number of hydrogen-bond acceptors (Lipinski definition) is 1. The largest absolute Gasteiger partial charge is 0.256 e. The van der Waals surface area contributed by atoms with Crippen LogP contribution >= 0.6 is 0 Å². The molecule has 0 unspecified atom stereocenters. The Morgan fingerprint density at radius 2 is 1.08 bits per heavy atom. The van der Waals surface area contributed by atoms with Gasteiger partial charge in [-0.1, -0.05) is 48.5 Å². The molecule has 1 heterocycles. The maximum atomic E-state index is 13.4. The van der Waals surface area contributed by atoms with Gasteiger partial charge in [-0.15, -0.1) is 0 Å². The van der Waals surface area contributed by atoms with Crippen LogP contribution in [-0.4, -0.2) is 4.98 Å². The van der Waals surface area contributed by atoms with Crippen LogP contribution in [0.4, 0.5) is 8.78 Å². The first-order valence-corrected chi connectivity index (χ1v) is 8.29. The van der Waals surface area contributed by atoms with Crippen molar-refractivity contribution in [2.75, 3.05) is 0 Å². The second-order valence-corrected chi connectivity index (χ2v) is 5.96. The van der Waals surface area contributed by atoms with Gasteiger partial charge in [0, 0.05) is 11.8 Å². The molecular weight excluding hydrogens is 328 g/mol. The van der Waals surface area contributed by atoms with Crippen LogP contribution in [0.15, 0.2) is 91.1 Å². The Bertz CT molecular complexity index is 960. The van der Waals surface area contributed by atoms with Crippen molar-refractivity contribution >= 4 is 0 Å². The van der Waals surface area contributed by atoms with Gasteiger partial charge in [-0.25, -0.2) is 8.78 Å². The van der Waals surface area contributed by atoms with E-state index in [1.165, 1.54) is 24.3 Å². The standard InChI is InChI=1S/C23H15F2N/c24-18-11-7-16(8-12-18)20-4-3-5-21(17-9-13-19(25)14-10-17)23(20)22-6-1-2-15-26-22/h1-15H. The fourth-order valence-electron chi connectivity index (χ4n) is 3.08. The molecule has 0 spiro atoms. The van der Waals surface area contributed by atoms with Crippen molar-refractivity contribution in [1.82, 2.24) is 4.98 Å². The SMILES string of the molecule is Fc1ccc(-c2cccc(-c3ccc(F)cc3)c2-c2ccccn2)cc1. The summed E-state index contributed by atoms with van der Waals surface area (Å²) in [7, 11) is 0. The molecule has 0 aliphatic rings. The Hall–Kier alpha value is -3.33. The van der Waals surface area contributed by atoms with Gasteiger partial charge < -0.3 is 0 Å². The number of rotatable bonds is 3. The summed E-state index contributed by atoms with van der Waals surface area (Å²) in [6.45, 7) is 0. The smallest absolute Gasteiger partial charge is 0.123 e. The minimum absolute atomic E-state index is 0.275. The van der Waals surface area contributed by atoms with E-state index in [1.54, 1.807) is 30.5 Å². The van der Waals surface area contributed by atoms with Crippen molar-refractivity contribution in [3.8, 4) is 33.5 Å². The second kappa shape index (κ2) is 6.89. The topological polar surface area (TPSA) is 12.9 Å². The fourth-order valence-corrected chi connectivity index (χ4v) is 3.08. The Balaban J connectivity index is 1.99. The minimum atomic E-state index is -0.275. The van der Waals surface area contributed by atoms with Gasteiger partial charge in [0.05, 0.1) is 5.69 Å². The van der Waals surface area contributed by atoms with E-state index in [-0.39, 0.29) is 11.6 Å². The molecule has 4 rings (SSSR count). The van der Waals surface area contributed by atoms with Gasteiger partial charge in [0.15, 0.2) is 0 Å². The molecule has 0 amide bonds. The lowest BCUT2D eigenvalue weighted by Gasteiger charge is -2.15. The lowest BCUT2D eigenvalue weighted by atomic mass is 9.90. The molecule has 0 N–H and O–H groups in total. The molecule has 1 nitrogen and oxygen atoms in total. The lowest BCUT2D eigenvalue weighted by Crippen LogP contribution is -1.92. The summed E-state index contributed by atoms with van der Waals surface area (Å²) in [4.78, 5) is 4.51. The zero-order valence-corrected chi connectivity index (χ0v) is 13.9. The summed E-state index contributed by atoms with van der Waals surface area (Å²) in [6, 6.07) is 24.5. The predicted molar refractivity (Wildman–Crippen MR) is 100 cm³/mol. The molecule has 0 radical (unpaired) electrons. The average molecular weight is 343 g/mol. The summed E-state index contributed by atoms with van der Waals surface area (Å²) in [6.07, 6.45) is 1.74. The van der Waals surface area contributed by atoms with Crippen LogP contribution < -0.4 is 0 Å². The number of benzene rings is 3. The molecule has 26 heavy (non-hydrogen) atoms. The third-order valence-corrected chi connectivity index (χ3v) is 4.30. The van der Waals surface area contributed by atoms with Crippen molar-refractivity contribution in [1.29, 1.82) is 0 Å². The monoisotopic (exact) mass is 343 g/mol. The van der Waals surface area contributed by atoms with Gasteiger partial charge in [0.1, 0.15) is 11.6 Å². The molecule has 0 atom stereocenters. The zero-order valence-electron chi connectivity index (χ0n) is 13.9. The first-order chi connectivity index (χ1) is 12.7. The van der Waals surface area contributed by atoms with E-state index in [2.05, 4.69) is 4.98 Å². The molecule has 0 saturated carbocycles. The molecule has 3 heteroatoms. The van der Waals surface area contributed by atoms with Crippen LogP contribution in [0.5, 0.6) is 0 Å². The number of halogens is 2. The van der Waals surface area contributed by atoms with Gasteiger partial charge in [0.25, 0.3) is 0 Å². The molecule has 0 aliphatic heterocycles. The van der Waals surface area contributed by atoms with E-state index in [4.69, 9.17) is 0 Å².